The molecule has 7 heteroatoms. The Morgan fingerprint density at radius 2 is 1.96 bits per heavy atom. The summed E-state index contributed by atoms with van der Waals surface area (Å²) < 4.78 is 0. The van der Waals surface area contributed by atoms with Crippen molar-refractivity contribution in [1.29, 1.82) is 0 Å². The molecule has 0 radical (unpaired) electrons. The predicted molar refractivity (Wildman–Crippen MR) is 114 cm³/mol. The van der Waals surface area contributed by atoms with Gasteiger partial charge in [-0.25, -0.2) is 0 Å². The highest BCUT2D eigenvalue weighted by Crippen LogP contribution is 2.19. The number of hydrogen-bond donors (Lipinski definition) is 2. The number of nitrogens with one attached hydrogen (secondary N) is 1. The number of guanidine groups is 1. The summed E-state index contributed by atoms with van der Waals surface area (Å²) in [7, 11) is 1.84. The molecule has 0 aliphatic carbocycles. The Hall–Kier alpha value is -0.570. The zero-order valence-electron chi connectivity index (χ0n) is 15.9. The van der Waals surface area contributed by atoms with E-state index in [1.165, 1.54) is 32.5 Å². The summed E-state index contributed by atoms with van der Waals surface area (Å²) in [6, 6.07) is 0. The molecule has 2 rings (SSSR count). The third-order valence-corrected chi connectivity index (χ3v) is 5.33. The Morgan fingerprint density at radius 1 is 1.24 bits per heavy atom. The molecule has 2 heterocycles. The van der Waals surface area contributed by atoms with E-state index < -0.39 is 0 Å². The fourth-order valence-electron chi connectivity index (χ4n) is 3.83. The van der Waals surface area contributed by atoms with Gasteiger partial charge in [0.15, 0.2) is 5.96 Å². The lowest BCUT2D eigenvalue weighted by atomic mass is 9.95. The van der Waals surface area contributed by atoms with Gasteiger partial charge in [0, 0.05) is 33.1 Å². The number of carbonyl (C=O) groups is 1. The third-order valence-electron chi connectivity index (χ3n) is 5.33. The van der Waals surface area contributed by atoms with Crippen LogP contribution in [0.15, 0.2) is 4.99 Å². The van der Waals surface area contributed by atoms with Crippen LogP contribution in [-0.4, -0.2) is 68.0 Å². The van der Waals surface area contributed by atoms with Crippen LogP contribution >= 0.6 is 24.0 Å². The Labute approximate surface area is 170 Å². The lowest BCUT2D eigenvalue weighted by molar-refractivity contribution is -0.119. The van der Waals surface area contributed by atoms with Crippen molar-refractivity contribution in [1.82, 2.24) is 15.1 Å². The van der Waals surface area contributed by atoms with Crippen LogP contribution in [0, 0.1) is 11.8 Å². The molecule has 1 atom stereocenters. The molecule has 0 aromatic rings. The van der Waals surface area contributed by atoms with Crippen LogP contribution in [0.5, 0.6) is 0 Å². The first-order chi connectivity index (χ1) is 11.6. The van der Waals surface area contributed by atoms with Crippen LogP contribution in [-0.2, 0) is 4.79 Å². The lowest BCUT2D eigenvalue weighted by Crippen LogP contribution is -2.47. The summed E-state index contributed by atoms with van der Waals surface area (Å²) >= 11 is 0. The summed E-state index contributed by atoms with van der Waals surface area (Å²) in [5, 5.41) is 3.49. The summed E-state index contributed by atoms with van der Waals surface area (Å²) in [6.45, 7) is 8.86. The SMILES string of the molecule is CN=C(NCCCN1CCC(C)CC1)N1CCCC(CC(N)=O)C1.I. The first kappa shape index (κ1) is 22.5. The monoisotopic (exact) mass is 465 g/mol. The Balaban J connectivity index is 0.00000312. The zero-order chi connectivity index (χ0) is 17.4. The molecular formula is C18H36IN5O. The third kappa shape index (κ3) is 8.11. The fraction of sp³-hybridized carbons (Fsp3) is 0.889. The molecule has 0 aromatic carbocycles. The molecule has 2 aliphatic rings. The van der Waals surface area contributed by atoms with Crippen LogP contribution in [0.1, 0.15) is 45.4 Å². The minimum atomic E-state index is -0.194. The minimum Gasteiger partial charge on any atom is -0.370 e. The van der Waals surface area contributed by atoms with Gasteiger partial charge in [0.2, 0.25) is 5.91 Å². The lowest BCUT2D eigenvalue weighted by Gasteiger charge is -2.35. The van der Waals surface area contributed by atoms with E-state index in [1.54, 1.807) is 0 Å². The van der Waals surface area contributed by atoms with E-state index in [0.29, 0.717) is 12.3 Å². The van der Waals surface area contributed by atoms with E-state index in [2.05, 4.69) is 27.0 Å². The van der Waals surface area contributed by atoms with Crippen LogP contribution in [0.25, 0.3) is 0 Å². The number of hydrogen-bond acceptors (Lipinski definition) is 3. The average molecular weight is 465 g/mol. The molecule has 0 aromatic heterocycles. The molecule has 2 aliphatic heterocycles. The van der Waals surface area contributed by atoms with Crippen LogP contribution in [0.3, 0.4) is 0 Å². The first-order valence-corrected chi connectivity index (χ1v) is 9.54. The highest BCUT2D eigenvalue weighted by Gasteiger charge is 2.23. The average Bonchev–Trinajstić information content (AvgIpc) is 2.56. The maximum absolute atomic E-state index is 11.1. The largest absolute Gasteiger partial charge is 0.370 e. The van der Waals surface area contributed by atoms with E-state index in [0.717, 1.165) is 50.8 Å². The molecule has 0 saturated carbocycles. The van der Waals surface area contributed by atoms with Gasteiger partial charge in [0.1, 0.15) is 0 Å². The second kappa shape index (κ2) is 11.9. The van der Waals surface area contributed by atoms with Crippen molar-refractivity contribution in [3.63, 3.8) is 0 Å². The van der Waals surface area contributed by atoms with Crippen molar-refractivity contribution in [3.05, 3.63) is 0 Å². The molecule has 2 saturated heterocycles. The van der Waals surface area contributed by atoms with Gasteiger partial charge in [-0.3, -0.25) is 9.79 Å². The number of piperidine rings is 2. The van der Waals surface area contributed by atoms with Crippen molar-refractivity contribution >= 4 is 35.8 Å². The number of carbonyl (C=O) groups excluding carboxylic acids is 1. The van der Waals surface area contributed by atoms with E-state index >= 15 is 0 Å². The number of halogens is 1. The quantitative estimate of drug-likeness (QED) is 0.272. The Bertz CT molecular complexity index is 424. The number of rotatable bonds is 6. The predicted octanol–water partition coefficient (Wildman–Crippen LogP) is 1.89. The molecule has 6 nitrogen and oxygen atoms in total. The molecule has 2 fully saturated rings. The molecule has 0 spiro atoms. The highest BCUT2D eigenvalue weighted by molar-refractivity contribution is 14.0. The van der Waals surface area contributed by atoms with Crippen molar-refractivity contribution < 1.29 is 4.79 Å². The number of amides is 1. The number of nitrogens with two attached hydrogens (primary N) is 1. The van der Waals surface area contributed by atoms with E-state index in [4.69, 9.17) is 5.73 Å². The van der Waals surface area contributed by atoms with Gasteiger partial charge < -0.3 is 20.9 Å². The second-order valence-corrected chi connectivity index (χ2v) is 7.48. The fourth-order valence-corrected chi connectivity index (χ4v) is 3.83. The van der Waals surface area contributed by atoms with Gasteiger partial charge >= 0.3 is 0 Å². The molecule has 25 heavy (non-hydrogen) atoms. The minimum absolute atomic E-state index is 0. The second-order valence-electron chi connectivity index (χ2n) is 7.48. The number of likely N-dealkylation sites (tertiary alicyclic amines) is 2. The topological polar surface area (TPSA) is 74.0 Å². The standard InChI is InChI=1S/C18H35N5O.HI/c1-15-6-11-22(12-7-15)9-4-8-21-18(20-2)23-10-3-5-16(14-23)13-17(19)24;/h15-16H,3-14H2,1-2H3,(H2,19,24)(H,20,21);1H. The van der Waals surface area contributed by atoms with Gasteiger partial charge in [-0.05, 0) is 63.6 Å². The van der Waals surface area contributed by atoms with E-state index in [-0.39, 0.29) is 29.9 Å². The number of primary amides is 1. The van der Waals surface area contributed by atoms with Gasteiger partial charge in [0.05, 0.1) is 0 Å². The maximum Gasteiger partial charge on any atom is 0.217 e. The van der Waals surface area contributed by atoms with Crippen molar-refractivity contribution in [2.24, 2.45) is 22.6 Å². The molecular weight excluding hydrogens is 429 g/mol. The number of aliphatic imine (C=N–C) groups is 1. The van der Waals surface area contributed by atoms with Gasteiger partial charge in [-0.2, -0.15) is 0 Å². The Kier molecular flexibility index (Phi) is 10.7. The smallest absolute Gasteiger partial charge is 0.217 e. The van der Waals surface area contributed by atoms with Crippen LogP contribution < -0.4 is 11.1 Å². The van der Waals surface area contributed by atoms with Crippen molar-refractivity contribution in [2.75, 3.05) is 46.3 Å². The summed E-state index contributed by atoms with van der Waals surface area (Å²) in [5.41, 5.74) is 5.35. The highest BCUT2D eigenvalue weighted by atomic mass is 127. The van der Waals surface area contributed by atoms with Gasteiger partial charge in [0.25, 0.3) is 0 Å². The molecule has 3 N–H and O–H groups in total. The van der Waals surface area contributed by atoms with Crippen LogP contribution in [0.2, 0.25) is 0 Å². The molecule has 0 bridgehead atoms. The summed E-state index contributed by atoms with van der Waals surface area (Å²) in [4.78, 5) is 20.4. The normalized spacial score (nSPS) is 23.2. The summed E-state index contributed by atoms with van der Waals surface area (Å²) in [6.07, 6.45) is 6.50. The van der Waals surface area contributed by atoms with Gasteiger partial charge in [-0.15, -0.1) is 24.0 Å². The maximum atomic E-state index is 11.1. The van der Waals surface area contributed by atoms with E-state index in [1.807, 2.05) is 7.05 Å². The zero-order valence-corrected chi connectivity index (χ0v) is 18.2. The van der Waals surface area contributed by atoms with Crippen molar-refractivity contribution in [2.45, 2.75) is 45.4 Å². The Morgan fingerprint density at radius 3 is 2.60 bits per heavy atom. The van der Waals surface area contributed by atoms with E-state index in [9.17, 15) is 4.79 Å². The molecule has 146 valence electrons. The van der Waals surface area contributed by atoms with Crippen LogP contribution in [0.4, 0.5) is 0 Å². The molecule has 1 amide bonds. The summed E-state index contributed by atoms with van der Waals surface area (Å²) in [5.74, 6) is 2.04. The first-order valence-electron chi connectivity index (χ1n) is 9.54. The van der Waals surface area contributed by atoms with Crippen molar-refractivity contribution in [3.8, 4) is 0 Å². The van der Waals surface area contributed by atoms with Gasteiger partial charge in [-0.1, -0.05) is 6.92 Å². The molecule has 1 unspecified atom stereocenters. The number of nitrogens with zero attached hydrogens (tertiary/aromatic N) is 3.